The van der Waals surface area contributed by atoms with Gasteiger partial charge in [-0.2, -0.15) is 18.4 Å². The van der Waals surface area contributed by atoms with E-state index in [4.69, 9.17) is 10.4 Å². The lowest BCUT2D eigenvalue weighted by Gasteiger charge is -2.05. The van der Waals surface area contributed by atoms with Crippen molar-refractivity contribution in [2.24, 2.45) is 0 Å². The van der Waals surface area contributed by atoms with Gasteiger partial charge in [-0.1, -0.05) is 0 Å². The van der Waals surface area contributed by atoms with Crippen LogP contribution in [0.2, 0.25) is 0 Å². The summed E-state index contributed by atoms with van der Waals surface area (Å²) >= 11 is 0. The van der Waals surface area contributed by atoms with Crippen molar-refractivity contribution in [3.05, 3.63) is 23.5 Å². The van der Waals surface area contributed by atoms with E-state index in [-0.39, 0.29) is 0 Å². The molecule has 68 valence electrons. The third-order valence-electron chi connectivity index (χ3n) is 1.27. The molecule has 0 aliphatic rings. The SMILES string of the molecule is N#Cc1nc(C(F)(F)F)ccc1O. The Hall–Kier alpha value is -1.77. The number of rotatable bonds is 0. The Bertz CT molecular complexity index is 367. The number of nitriles is 1. The molecule has 0 aliphatic carbocycles. The second-order valence-corrected chi connectivity index (χ2v) is 2.17. The van der Waals surface area contributed by atoms with Crippen LogP contribution in [0.25, 0.3) is 0 Å². The molecule has 0 amide bonds. The van der Waals surface area contributed by atoms with Crippen molar-refractivity contribution in [3.8, 4) is 11.8 Å². The summed E-state index contributed by atoms with van der Waals surface area (Å²) in [5, 5.41) is 17.1. The minimum atomic E-state index is -4.60. The molecule has 0 saturated heterocycles. The van der Waals surface area contributed by atoms with E-state index >= 15 is 0 Å². The van der Waals surface area contributed by atoms with Crippen molar-refractivity contribution in [2.45, 2.75) is 6.18 Å². The lowest BCUT2D eigenvalue weighted by molar-refractivity contribution is -0.141. The van der Waals surface area contributed by atoms with Crippen LogP contribution in [0.3, 0.4) is 0 Å². The van der Waals surface area contributed by atoms with Crippen molar-refractivity contribution in [1.29, 1.82) is 5.26 Å². The van der Waals surface area contributed by atoms with Crippen LogP contribution < -0.4 is 0 Å². The van der Waals surface area contributed by atoms with Gasteiger partial charge in [-0.25, -0.2) is 4.98 Å². The Morgan fingerprint density at radius 2 is 2.00 bits per heavy atom. The summed E-state index contributed by atoms with van der Waals surface area (Å²) in [7, 11) is 0. The predicted octanol–water partition coefficient (Wildman–Crippen LogP) is 1.68. The topological polar surface area (TPSA) is 56.9 Å². The van der Waals surface area contributed by atoms with E-state index < -0.39 is 23.3 Å². The first-order chi connectivity index (χ1) is 5.95. The molecule has 0 spiro atoms. The van der Waals surface area contributed by atoms with Gasteiger partial charge in [-0.3, -0.25) is 0 Å². The zero-order valence-electron chi connectivity index (χ0n) is 6.13. The Kier molecular flexibility index (Phi) is 2.10. The first-order valence-electron chi connectivity index (χ1n) is 3.12. The Morgan fingerprint density at radius 3 is 2.46 bits per heavy atom. The molecule has 0 aliphatic heterocycles. The zero-order chi connectivity index (χ0) is 10.1. The van der Waals surface area contributed by atoms with E-state index in [1.807, 2.05) is 0 Å². The normalized spacial score (nSPS) is 10.9. The van der Waals surface area contributed by atoms with E-state index in [0.29, 0.717) is 6.07 Å². The number of hydrogen-bond donors (Lipinski definition) is 1. The highest BCUT2D eigenvalue weighted by atomic mass is 19.4. The van der Waals surface area contributed by atoms with Crippen molar-refractivity contribution >= 4 is 0 Å². The molecule has 0 radical (unpaired) electrons. The van der Waals surface area contributed by atoms with Crippen LogP contribution in [0.1, 0.15) is 11.4 Å². The quantitative estimate of drug-likeness (QED) is 0.673. The molecule has 3 nitrogen and oxygen atoms in total. The molecule has 1 aromatic heterocycles. The summed E-state index contributed by atoms with van der Waals surface area (Å²) in [6.45, 7) is 0. The lowest BCUT2D eigenvalue weighted by atomic mass is 10.3. The molecule has 0 saturated carbocycles. The summed E-state index contributed by atoms with van der Waals surface area (Å²) in [5.74, 6) is -0.560. The minimum absolute atomic E-state index is 0.560. The van der Waals surface area contributed by atoms with Crippen LogP contribution in [0.5, 0.6) is 5.75 Å². The van der Waals surface area contributed by atoms with Gasteiger partial charge in [0.05, 0.1) is 0 Å². The molecule has 0 atom stereocenters. The van der Waals surface area contributed by atoms with Crippen molar-refractivity contribution in [3.63, 3.8) is 0 Å². The number of aromatic nitrogens is 1. The van der Waals surface area contributed by atoms with Crippen molar-refractivity contribution in [2.75, 3.05) is 0 Å². The number of halogens is 3. The highest BCUT2D eigenvalue weighted by molar-refractivity contribution is 5.37. The Labute approximate surface area is 71.1 Å². The Balaban J connectivity index is 3.24. The fourth-order valence-electron chi connectivity index (χ4n) is 0.692. The van der Waals surface area contributed by atoms with E-state index in [2.05, 4.69) is 4.98 Å². The number of pyridine rings is 1. The minimum Gasteiger partial charge on any atom is -0.505 e. The second kappa shape index (κ2) is 2.94. The molecular formula is C7H3F3N2O. The first-order valence-corrected chi connectivity index (χ1v) is 3.12. The summed E-state index contributed by atoms with van der Waals surface area (Å²) in [5.41, 5.74) is -1.82. The van der Waals surface area contributed by atoms with Gasteiger partial charge in [0.2, 0.25) is 0 Å². The largest absolute Gasteiger partial charge is 0.505 e. The second-order valence-electron chi connectivity index (χ2n) is 2.17. The third kappa shape index (κ3) is 1.87. The van der Waals surface area contributed by atoms with E-state index in [1.165, 1.54) is 6.07 Å². The Morgan fingerprint density at radius 1 is 1.38 bits per heavy atom. The van der Waals surface area contributed by atoms with Crippen LogP contribution in [-0.4, -0.2) is 10.1 Å². The van der Waals surface area contributed by atoms with Crippen LogP contribution >= 0.6 is 0 Å². The van der Waals surface area contributed by atoms with Gasteiger partial charge < -0.3 is 5.11 Å². The van der Waals surface area contributed by atoms with Gasteiger partial charge >= 0.3 is 6.18 Å². The molecule has 0 bridgehead atoms. The molecule has 13 heavy (non-hydrogen) atoms. The van der Waals surface area contributed by atoms with Crippen LogP contribution in [0.4, 0.5) is 13.2 Å². The number of aromatic hydroxyl groups is 1. The molecule has 0 fully saturated rings. The van der Waals surface area contributed by atoms with Gasteiger partial charge in [0.25, 0.3) is 0 Å². The molecule has 1 N–H and O–H groups in total. The molecule has 1 aromatic rings. The van der Waals surface area contributed by atoms with Crippen LogP contribution in [-0.2, 0) is 6.18 Å². The highest BCUT2D eigenvalue weighted by Gasteiger charge is 2.33. The van der Waals surface area contributed by atoms with Crippen molar-refractivity contribution in [1.82, 2.24) is 4.98 Å². The van der Waals surface area contributed by atoms with E-state index in [1.54, 1.807) is 0 Å². The van der Waals surface area contributed by atoms with Crippen molar-refractivity contribution < 1.29 is 18.3 Å². The van der Waals surface area contributed by atoms with Crippen LogP contribution in [0.15, 0.2) is 12.1 Å². The van der Waals surface area contributed by atoms with E-state index in [9.17, 15) is 13.2 Å². The highest BCUT2D eigenvalue weighted by Crippen LogP contribution is 2.29. The summed E-state index contributed by atoms with van der Waals surface area (Å²) in [4.78, 5) is 2.93. The number of hydrogen-bond acceptors (Lipinski definition) is 3. The predicted molar refractivity (Wildman–Crippen MR) is 35.6 cm³/mol. The smallest absolute Gasteiger partial charge is 0.433 e. The van der Waals surface area contributed by atoms with E-state index in [0.717, 1.165) is 6.07 Å². The maximum atomic E-state index is 12.0. The number of nitrogens with zero attached hydrogens (tertiary/aromatic N) is 2. The monoisotopic (exact) mass is 188 g/mol. The molecule has 1 heterocycles. The van der Waals surface area contributed by atoms with Gasteiger partial charge in [0.1, 0.15) is 11.8 Å². The zero-order valence-corrected chi connectivity index (χ0v) is 6.13. The fraction of sp³-hybridized carbons (Fsp3) is 0.143. The van der Waals surface area contributed by atoms with Gasteiger partial charge in [0, 0.05) is 0 Å². The molecule has 6 heteroatoms. The van der Waals surface area contributed by atoms with Gasteiger partial charge in [-0.15, -0.1) is 0 Å². The molecule has 0 aromatic carbocycles. The summed E-state index contributed by atoms with van der Waals surface area (Å²) < 4.78 is 35.9. The average molecular weight is 188 g/mol. The average Bonchev–Trinajstić information content (AvgIpc) is 2.03. The molecule has 1 rings (SSSR count). The maximum absolute atomic E-state index is 12.0. The van der Waals surface area contributed by atoms with Gasteiger partial charge in [-0.05, 0) is 12.1 Å². The molecular weight excluding hydrogens is 185 g/mol. The van der Waals surface area contributed by atoms with Crippen LogP contribution in [0, 0.1) is 11.3 Å². The third-order valence-corrected chi connectivity index (χ3v) is 1.27. The molecule has 0 unspecified atom stereocenters. The fourth-order valence-corrected chi connectivity index (χ4v) is 0.692. The summed E-state index contributed by atoms with van der Waals surface area (Å²) in [6.07, 6.45) is -4.60. The maximum Gasteiger partial charge on any atom is 0.433 e. The lowest BCUT2D eigenvalue weighted by Crippen LogP contribution is -2.08. The number of alkyl halides is 3. The summed E-state index contributed by atoms with van der Waals surface area (Å²) in [6, 6.07) is 2.74. The first kappa shape index (κ1) is 9.32. The van der Waals surface area contributed by atoms with Gasteiger partial charge in [0.15, 0.2) is 11.4 Å². The standard InChI is InChI=1S/C7H3F3N2O/c8-7(9,10)6-2-1-5(13)4(3-11)12-6/h1-2,13H.